The van der Waals surface area contributed by atoms with E-state index in [1.54, 1.807) is 6.07 Å². The van der Waals surface area contributed by atoms with Gasteiger partial charge in [-0.1, -0.05) is 0 Å². The first-order valence-electron chi connectivity index (χ1n) is 5.78. The maximum atomic E-state index is 11.5. The Bertz CT molecular complexity index is 564. The summed E-state index contributed by atoms with van der Waals surface area (Å²) in [6, 6.07) is 2.69. The number of hydrogen-bond acceptors (Lipinski definition) is 5. The van der Waals surface area contributed by atoms with Crippen LogP contribution in [0, 0.1) is 0 Å². The molecule has 7 nitrogen and oxygen atoms in total. The molecule has 1 aromatic rings. The average Bonchev–Trinajstić information content (AvgIpc) is 2.96. The minimum Gasteiger partial charge on any atom is -0.459 e. The van der Waals surface area contributed by atoms with E-state index in [9.17, 15) is 18.0 Å². The van der Waals surface area contributed by atoms with E-state index in [0.29, 0.717) is 6.42 Å². The molecule has 2 rings (SSSR count). The number of nitrogens with one attached hydrogen (secondary N) is 2. The maximum Gasteiger partial charge on any atom is 0.287 e. The number of carbonyl (C=O) groups is 2. The zero-order valence-electron chi connectivity index (χ0n) is 10.1. The summed E-state index contributed by atoms with van der Waals surface area (Å²) < 4.78 is 27.3. The third-order valence-electron chi connectivity index (χ3n) is 2.75. The van der Waals surface area contributed by atoms with Gasteiger partial charge in [0.2, 0.25) is 5.91 Å². The minimum absolute atomic E-state index is 0.0368. The second-order valence-electron chi connectivity index (χ2n) is 4.33. The van der Waals surface area contributed by atoms with Crippen LogP contribution >= 0.6 is 0 Å². The van der Waals surface area contributed by atoms with E-state index in [0.717, 1.165) is 0 Å². The third-order valence-corrected chi connectivity index (χ3v) is 4.52. The van der Waals surface area contributed by atoms with Crippen LogP contribution in [0.25, 0.3) is 0 Å². The number of rotatable bonds is 4. The summed E-state index contributed by atoms with van der Waals surface area (Å²) in [5, 5.41) is 4.96. The van der Waals surface area contributed by atoms with Gasteiger partial charge in [0.1, 0.15) is 0 Å². The molecule has 1 aliphatic heterocycles. The lowest BCUT2D eigenvalue weighted by atomic mass is 10.2. The Morgan fingerprint density at radius 1 is 1.42 bits per heavy atom. The van der Waals surface area contributed by atoms with Crippen molar-refractivity contribution in [2.24, 2.45) is 0 Å². The Kier molecular flexibility index (Phi) is 3.89. The minimum atomic E-state index is -3.02. The van der Waals surface area contributed by atoms with Gasteiger partial charge in [0, 0.05) is 6.04 Å². The summed E-state index contributed by atoms with van der Waals surface area (Å²) in [4.78, 5) is 23.0. The number of amides is 2. The highest BCUT2D eigenvalue weighted by Crippen LogP contribution is 2.10. The summed E-state index contributed by atoms with van der Waals surface area (Å²) in [6.07, 6.45) is 1.78. The largest absolute Gasteiger partial charge is 0.459 e. The van der Waals surface area contributed by atoms with Crippen LogP contribution in [-0.4, -0.2) is 44.3 Å². The van der Waals surface area contributed by atoms with Gasteiger partial charge in [0.25, 0.3) is 5.91 Å². The van der Waals surface area contributed by atoms with Crippen molar-refractivity contribution in [3.05, 3.63) is 24.2 Å². The highest BCUT2D eigenvalue weighted by Gasteiger charge is 2.28. The molecule has 0 aromatic carbocycles. The first-order valence-corrected chi connectivity index (χ1v) is 7.60. The molecule has 0 aliphatic carbocycles. The zero-order valence-corrected chi connectivity index (χ0v) is 10.9. The van der Waals surface area contributed by atoms with Crippen molar-refractivity contribution in [1.29, 1.82) is 0 Å². The first kappa shape index (κ1) is 13.6. The lowest BCUT2D eigenvalue weighted by molar-refractivity contribution is -0.120. The van der Waals surface area contributed by atoms with Crippen LogP contribution < -0.4 is 10.6 Å². The molecule has 19 heavy (non-hydrogen) atoms. The normalized spacial score (nSPS) is 20.9. The fourth-order valence-electron chi connectivity index (χ4n) is 1.84. The number of carbonyl (C=O) groups excluding carboxylic acids is 2. The van der Waals surface area contributed by atoms with Crippen molar-refractivity contribution >= 4 is 21.7 Å². The van der Waals surface area contributed by atoms with Gasteiger partial charge in [0.05, 0.1) is 24.3 Å². The Balaban J connectivity index is 1.75. The van der Waals surface area contributed by atoms with Crippen LogP contribution in [0.5, 0.6) is 0 Å². The fraction of sp³-hybridized carbons (Fsp3) is 0.455. The molecule has 8 heteroatoms. The molecule has 0 spiro atoms. The molecule has 2 heterocycles. The van der Waals surface area contributed by atoms with E-state index >= 15 is 0 Å². The van der Waals surface area contributed by atoms with Crippen LogP contribution in [0.1, 0.15) is 17.0 Å². The molecule has 104 valence electrons. The van der Waals surface area contributed by atoms with Crippen LogP contribution in [0.2, 0.25) is 0 Å². The number of hydrogen-bond donors (Lipinski definition) is 2. The van der Waals surface area contributed by atoms with Crippen molar-refractivity contribution in [3.63, 3.8) is 0 Å². The Morgan fingerprint density at radius 3 is 2.79 bits per heavy atom. The van der Waals surface area contributed by atoms with Crippen molar-refractivity contribution in [2.75, 3.05) is 18.1 Å². The summed E-state index contributed by atoms with van der Waals surface area (Å²) in [7, 11) is -3.02. The van der Waals surface area contributed by atoms with Crippen molar-refractivity contribution in [3.8, 4) is 0 Å². The molecule has 0 bridgehead atoms. The topological polar surface area (TPSA) is 105 Å². The van der Waals surface area contributed by atoms with Crippen LogP contribution in [0.3, 0.4) is 0 Å². The highest BCUT2D eigenvalue weighted by molar-refractivity contribution is 7.91. The predicted molar refractivity (Wildman–Crippen MR) is 66.2 cm³/mol. The molecule has 1 aromatic heterocycles. The molecule has 0 saturated carbocycles. The third kappa shape index (κ3) is 3.82. The van der Waals surface area contributed by atoms with E-state index in [2.05, 4.69) is 10.6 Å². The standard InChI is InChI=1S/C11H14N2O5S/c14-10(13-8-3-5-19(16,17)7-8)6-12-11(15)9-2-1-4-18-9/h1-2,4,8H,3,5-7H2,(H,12,15)(H,13,14)/t8-/m1/s1. The van der Waals surface area contributed by atoms with Gasteiger partial charge in [-0.05, 0) is 18.6 Å². The van der Waals surface area contributed by atoms with Crippen LogP contribution in [0.15, 0.2) is 22.8 Å². The van der Waals surface area contributed by atoms with E-state index in [-0.39, 0.29) is 29.9 Å². The van der Waals surface area contributed by atoms with Crippen molar-refractivity contribution < 1.29 is 22.4 Å². The quantitative estimate of drug-likeness (QED) is 0.762. The van der Waals surface area contributed by atoms with Gasteiger partial charge < -0.3 is 15.1 Å². The number of furan rings is 1. The molecule has 1 saturated heterocycles. The Morgan fingerprint density at radius 2 is 2.21 bits per heavy atom. The summed E-state index contributed by atoms with van der Waals surface area (Å²) in [6.45, 7) is -0.212. The van der Waals surface area contributed by atoms with E-state index in [1.165, 1.54) is 12.3 Å². The van der Waals surface area contributed by atoms with Gasteiger partial charge >= 0.3 is 0 Å². The molecule has 1 aliphatic rings. The second kappa shape index (κ2) is 5.43. The van der Waals surface area contributed by atoms with Gasteiger partial charge in [0.15, 0.2) is 15.6 Å². The van der Waals surface area contributed by atoms with E-state index in [4.69, 9.17) is 4.42 Å². The Labute approximate surface area is 110 Å². The van der Waals surface area contributed by atoms with Gasteiger partial charge in [-0.2, -0.15) is 0 Å². The van der Waals surface area contributed by atoms with Crippen molar-refractivity contribution in [2.45, 2.75) is 12.5 Å². The molecule has 1 fully saturated rings. The lowest BCUT2D eigenvalue weighted by Crippen LogP contribution is -2.42. The van der Waals surface area contributed by atoms with Crippen LogP contribution in [0.4, 0.5) is 0 Å². The Hall–Kier alpha value is -1.83. The molecular formula is C11H14N2O5S. The van der Waals surface area contributed by atoms with Gasteiger partial charge in [-0.15, -0.1) is 0 Å². The smallest absolute Gasteiger partial charge is 0.287 e. The molecular weight excluding hydrogens is 272 g/mol. The van der Waals surface area contributed by atoms with E-state index in [1.807, 2.05) is 0 Å². The van der Waals surface area contributed by atoms with Gasteiger partial charge in [-0.25, -0.2) is 8.42 Å². The summed E-state index contributed by atoms with van der Waals surface area (Å²) >= 11 is 0. The predicted octanol–water partition coefficient (Wildman–Crippen LogP) is -0.687. The molecule has 0 radical (unpaired) electrons. The lowest BCUT2D eigenvalue weighted by Gasteiger charge is -2.10. The zero-order chi connectivity index (χ0) is 13.9. The van der Waals surface area contributed by atoms with Crippen LogP contribution in [-0.2, 0) is 14.6 Å². The van der Waals surface area contributed by atoms with Gasteiger partial charge in [-0.3, -0.25) is 9.59 Å². The molecule has 1 atom stereocenters. The summed E-state index contributed by atoms with van der Waals surface area (Å²) in [5.74, 6) is -0.723. The molecule has 0 unspecified atom stereocenters. The highest BCUT2D eigenvalue weighted by atomic mass is 32.2. The van der Waals surface area contributed by atoms with Crippen molar-refractivity contribution in [1.82, 2.24) is 10.6 Å². The number of sulfone groups is 1. The molecule has 2 N–H and O–H groups in total. The average molecular weight is 286 g/mol. The second-order valence-corrected chi connectivity index (χ2v) is 6.56. The molecule has 2 amide bonds. The maximum absolute atomic E-state index is 11.5. The van der Waals surface area contributed by atoms with E-state index < -0.39 is 21.7 Å². The summed E-state index contributed by atoms with van der Waals surface area (Å²) in [5.41, 5.74) is 0. The monoisotopic (exact) mass is 286 g/mol. The fourth-order valence-corrected chi connectivity index (χ4v) is 3.52. The SMILES string of the molecule is O=C(CNC(=O)c1ccco1)N[C@@H]1CCS(=O)(=O)C1. The first-order chi connectivity index (χ1) is 8.96.